The molecule has 18 heavy (non-hydrogen) atoms. The summed E-state index contributed by atoms with van der Waals surface area (Å²) in [5.74, 6) is 1.49. The molecule has 0 bridgehead atoms. The van der Waals surface area contributed by atoms with E-state index in [2.05, 4.69) is 23.7 Å². The Morgan fingerprint density at radius 1 is 1.11 bits per heavy atom. The molecule has 0 saturated heterocycles. The van der Waals surface area contributed by atoms with Gasteiger partial charge in [-0.1, -0.05) is 0 Å². The fraction of sp³-hybridized carbons (Fsp3) is 0.286. The van der Waals surface area contributed by atoms with E-state index in [4.69, 9.17) is 9.47 Å². The Balaban J connectivity index is 2.08. The Hall–Kier alpha value is -1.68. The lowest BCUT2D eigenvalue weighted by molar-refractivity contribution is 0.355. The maximum absolute atomic E-state index is 5.28. The Kier molecular flexibility index (Phi) is 4.10. The Morgan fingerprint density at radius 3 is 2.50 bits per heavy atom. The first-order chi connectivity index (χ1) is 8.74. The van der Waals surface area contributed by atoms with Crippen molar-refractivity contribution in [2.24, 2.45) is 0 Å². The highest BCUT2D eigenvalue weighted by molar-refractivity contribution is 7.10. The summed E-state index contributed by atoms with van der Waals surface area (Å²) in [6.45, 7) is 2.96. The van der Waals surface area contributed by atoms with Crippen molar-refractivity contribution in [3.05, 3.63) is 40.1 Å². The number of rotatable bonds is 5. The molecule has 0 aliphatic rings. The van der Waals surface area contributed by atoms with Crippen LogP contribution in [0.4, 0.5) is 5.69 Å². The maximum Gasteiger partial charge on any atom is 0.162 e. The fourth-order valence-electron chi connectivity index (χ4n) is 1.71. The van der Waals surface area contributed by atoms with Gasteiger partial charge in [0.2, 0.25) is 0 Å². The number of benzene rings is 1. The Bertz CT molecular complexity index is 522. The molecule has 2 aromatic rings. The minimum absolute atomic E-state index is 0.741. The topological polar surface area (TPSA) is 30.5 Å². The highest BCUT2D eigenvalue weighted by Crippen LogP contribution is 2.30. The predicted octanol–water partition coefficient (Wildman–Crippen LogP) is 3.69. The number of hydrogen-bond acceptors (Lipinski definition) is 4. The zero-order valence-electron chi connectivity index (χ0n) is 10.8. The highest BCUT2D eigenvalue weighted by Gasteiger charge is 2.05. The van der Waals surface area contributed by atoms with Crippen molar-refractivity contribution in [3.63, 3.8) is 0 Å². The molecule has 1 N–H and O–H groups in total. The zero-order chi connectivity index (χ0) is 13.0. The van der Waals surface area contributed by atoms with Gasteiger partial charge in [-0.15, -0.1) is 11.3 Å². The molecule has 0 spiro atoms. The summed E-state index contributed by atoms with van der Waals surface area (Å²) < 4.78 is 10.5. The van der Waals surface area contributed by atoms with Gasteiger partial charge in [0.25, 0.3) is 0 Å². The summed E-state index contributed by atoms with van der Waals surface area (Å²) in [7, 11) is 3.28. The lowest BCUT2D eigenvalue weighted by Crippen LogP contribution is -1.99. The van der Waals surface area contributed by atoms with Gasteiger partial charge in [-0.25, -0.2) is 0 Å². The standard InChI is InChI=1S/C14H17NO2S/c1-10-6-7-18-14(10)9-15-11-4-5-12(16-2)13(8-11)17-3/h4-8,15H,9H2,1-3H3. The minimum Gasteiger partial charge on any atom is -0.493 e. The van der Waals surface area contributed by atoms with Crippen LogP contribution in [0.1, 0.15) is 10.4 Å². The van der Waals surface area contributed by atoms with Crippen LogP contribution in [0.2, 0.25) is 0 Å². The average Bonchev–Trinajstić information content (AvgIpc) is 2.81. The number of aryl methyl sites for hydroxylation is 1. The molecule has 0 radical (unpaired) electrons. The van der Waals surface area contributed by atoms with Crippen LogP contribution in [0, 0.1) is 6.92 Å². The highest BCUT2D eigenvalue weighted by atomic mass is 32.1. The molecule has 1 heterocycles. The lowest BCUT2D eigenvalue weighted by Gasteiger charge is -2.11. The first-order valence-electron chi connectivity index (χ1n) is 5.73. The van der Waals surface area contributed by atoms with Gasteiger partial charge in [-0.05, 0) is 36.1 Å². The molecule has 0 aliphatic carbocycles. The van der Waals surface area contributed by atoms with E-state index in [9.17, 15) is 0 Å². The van der Waals surface area contributed by atoms with Crippen LogP contribution in [0.25, 0.3) is 0 Å². The SMILES string of the molecule is COc1ccc(NCc2sccc2C)cc1OC. The van der Waals surface area contributed by atoms with Crippen LogP contribution >= 0.6 is 11.3 Å². The third-order valence-electron chi connectivity index (χ3n) is 2.80. The third kappa shape index (κ3) is 2.76. The Morgan fingerprint density at radius 2 is 1.89 bits per heavy atom. The second-order valence-corrected chi connectivity index (χ2v) is 4.95. The van der Waals surface area contributed by atoms with Crippen molar-refractivity contribution >= 4 is 17.0 Å². The molecule has 0 saturated carbocycles. The van der Waals surface area contributed by atoms with Crippen molar-refractivity contribution in [1.82, 2.24) is 0 Å². The maximum atomic E-state index is 5.28. The predicted molar refractivity (Wildman–Crippen MR) is 75.9 cm³/mol. The molecule has 0 atom stereocenters. The van der Waals surface area contributed by atoms with Crippen LogP contribution in [-0.4, -0.2) is 14.2 Å². The molecule has 0 fully saturated rings. The van der Waals surface area contributed by atoms with Crippen LogP contribution in [-0.2, 0) is 6.54 Å². The van der Waals surface area contributed by atoms with Gasteiger partial charge in [0.05, 0.1) is 14.2 Å². The minimum atomic E-state index is 0.741. The second-order valence-electron chi connectivity index (χ2n) is 3.95. The lowest BCUT2D eigenvalue weighted by atomic mass is 10.2. The van der Waals surface area contributed by atoms with Crippen molar-refractivity contribution in [3.8, 4) is 11.5 Å². The summed E-state index contributed by atoms with van der Waals surface area (Å²) in [4.78, 5) is 1.35. The zero-order valence-corrected chi connectivity index (χ0v) is 11.6. The van der Waals surface area contributed by atoms with Crippen LogP contribution < -0.4 is 14.8 Å². The van der Waals surface area contributed by atoms with Crippen molar-refractivity contribution in [2.45, 2.75) is 13.5 Å². The number of anilines is 1. The van der Waals surface area contributed by atoms with Gasteiger partial charge in [0.15, 0.2) is 11.5 Å². The first kappa shape index (κ1) is 12.8. The summed E-state index contributed by atoms with van der Waals surface area (Å²) in [6, 6.07) is 7.98. The van der Waals surface area contributed by atoms with Crippen molar-refractivity contribution < 1.29 is 9.47 Å². The molecular formula is C14H17NO2S. The van der Waals surface area contributed by atoms with Crippen LogP contribution in [0.15, 0.2) is 29.6 Å². The average molecular weight is 263 g/mol. The fourth-order valence-corrected chi connectivity index (χ4v) is 2.56. The van der Waals surface area contributed by atoms with E-state index in [1.807, 2.05) is 18.2 Å². The van der Waals surface area contributed by atoms with Gasteiger partial charge in [-0.3, -0.25) is 0 Å². The summed E-state index contributed by atoms with van der Waals surface area (Å²) in [5, 5.41) is 5.50. The van der Waals surface area contributed by atoms with Gasteiger partial charge >= 0.3 is 0 Å². The van der Waals surface area contributed by atoms with Gasteiger partial charge in [0.1, 0.15) is 0 Å². The summed E-state index contributed by atoms with van der Waals surface area (Å²) >= 11 is 1.77. The van der Waals surface area contributed by atoms with E-state index in [0.29, 0.717) is 0 Å². The number of methoxy groups -OCH3 is 2. The third-order valence-corrected chi connectivity index (χ3v) is 3.83. The molecule has 2 rings (SSSR count). The monoisotopic (exact) mass is 263 g/mol. The van der Waals surface area contributed by atoms with Crippen LogP contribution in [0.5, 0.6) is 11.5 Å². The van der Waals surface area contributed by atoms with Crippen LogP contribution in [0.3, 0.4) is 0 Å². The summed E-state index contributed by atoms with van der Waals surface area (Å²) in [5.41, 5.74) is 2.36. The summed E-state index contributed by atoms with van der Waals surface area (Å²) in [6.07, 6.45) is 0. The second kappa shape index (κ2) is 5.78. The molecule has 1 aromatic carbocycles. The van der Waals surface area contributed by atoms with E-state index < -0.39 is 0 Å². The first-order valence-corrected chi connectivity index (χ1v) is 6.61. The quantitative estimate of drug-likeness (QED) is 0.892. The molecule has 0 aliphatic heterocycles. The largest absolute Gasteiger partial charge is 0.493 e. The molecule has 1 aromatic heterocycles. The van der Waals surface area contributed by atoms with Gasteiger partial charge < -0.3 is 14.8 Å². The molecule has 3 nitrogen and oxygen atoms in total. The van der Waals surface area contributed by atoms with Gasteiger partial charge in [0, 0.05) is 23.2 Å². The van der Waals surface area contributed by atoms with Gasteiger partial charge in [-0.2, -0.15) is 0 Å². The smallest absolute Gasteiger partial charge is 0.162 e. The van der Waals surface area contributed by atoms with Crippen molar-refractivity contribution in [1.29, 1.82) is 0 Å². The molecule has 4 heteroatoms. The number of hydrogen-bond donors (Lipinski definition) is 1. The molecule has 0 unspecified atom stereocenters. The van der Waals surface area contributed by atoms with E-state index in [1.54, 1.807) is 25.6 Å². The number of thiophene rings is 1. The Labute approximate surface area is 111 Å². The molecule has 96 valence electrons. The van der Waals surface area contributed by atoms with E-state index in [0.717, 1.165) is 23.7 Å². The normalized spacial score (nSPS) is 10.2. The van der Waals surface area contributed by atoms with E-state index >= 15 is 0 Å². The number of nitrogens with one attached hydrogen (secondary N) is 1. The molecule has 0 amide bonds. The van der Waals surface area contributed by atoms with Crippen molar-refractivity contribution in [2.75, 3.05) is 19.5 Å². The number of ether oxygens (including phenoxy) is 2. The molecular weight excluding hydrogens is 246 g/mol. The van der Waals surface area contributed by atoms with E-state index in [-0.39, 0.29) is 0 Å². The van der Waals surface area contributed by atoms with E-state index in [1.165, 1.54) is 10.4 Å².